The summed E-state index contributed by atoms with van der Waals surface area (Å²) in [5.41, 5.74) is 2.41. The number of hydrogen-bond donors (Lipinski definition) is 2. The maximum atomic E-state index is 10.8. The number of H-pyrrole nitrogens is 1. The summed E-state index contributed by atoms with van der Waals surface area (Å²) in [7, 11) is 0. The molecule has 3 rings (SSSR count). The molecule has 0 fully saturated rings. The standard InChI is InChI=1S/C12H9NO2S/c1-6-3-2-4-7-10-9(16-11(6)7)5-8(13-10)12(14)15/h2-5,13H,1H3,(H,14,15). The highest BCUT2D eigenvalue weighted by Crippen LogP contribution is 2.35. The summed E-state index contributed by atoms with van der Waals surface area (Å²) in [5.74, 6) is -0.913. The second kappa shape index (κ2) is 3.09. The quantitative estimate of drug-likeness (QED) is 0.674. The van der Waals surface area contributed by atoms with Gasteiger partial charge in [0.05, 0.1) is 10.2 Å². The highest BCUT2D eigenvalue weighted by molar-refractivity contribution is 7.26. The van der Waals surface area contributed by atoms with Crippen molar-refractivity contribution in [1.82, 2.24) is 4.98 Å². The van der Waals surface area contributed by atoms with Crippen molar-refractivity contribution in [1.29, 1.82) is 0 Å². The molecule has 2 N–H and O–H groups in total. The molecule has 1 aromatic carbocycles. The van der Waals surface area contributed by atoms with Gasteiger partial charge in [-0.2, -0.15) is 0 Å². The third kappa shape index (κ3) is 1.17. The highest BCUT2D eigenvalue weighted by atomic mass is 32.1. The minimum Gasteiger partial charge on any atom is -0.477 e. The first-order valence-corrected chi connectivity index (χ1v) is 5.72. The van der Waals surface area contributed by atoms with Crippen LogP contribution in [0.4, 0.5) is 0 Å². The van der Waals surface area contributed by atoms with Crippen molar-refractivity contribution < 1.29 is 9.90 Å². The molecule has 0 aliphatic rings. The molecule has 2 aromatic heterocycles. The molecule has 0 atom stereocenters. The van der Waals surface area contributed by atoms with Gasteiger partial charge in [-0.25, -0.2) is 4.79 Å². The monoisotopic (exact) mass is 231 g/mol. The lowest BCUT2D eigenvalue weighted by Crippen LogP contribution is -1.94. The Morgan fingerprint density at radius 1 is 1.44 bits per heavy atom. The van der Waals surface area contributed by atoms with Crippen LogP contribution < -0.4 is 0 Å². The zero-order valence-electron chi connectivity index (χ0n) is 8.57. The van der Waals surface area contributed by atoms with Gasteiger partial charge >= 0.3 is 5.97 Å². The predicted octanol–water partition coefficient (Wildman–Crippen LogP) is 3.39. The average molecular weight is 231 g/mol. The third-order valence-corrected chi connectivity index (χ3v) is 3.99. The number of aromatic carboxylic acids is 1. The highest BCUT2D eigenvalue weighted by Gasteiger charge is 2.12. The fourth-order valence-electron chi connectivity index (χ4n) is 1.93. The Balaban J connectivity index is 2.43. The molecule has 0 spiro atoms. The average Bonchev–Trinajstić information content (AvgIpc) is 2.76. The van der Waals surface area contributed by atoms with Gasteiger partial charge in [-0.15, -0.1) is 11.3 Å². The Hall–Kier alpha value is -1.81. The van der Waals surface area contributed by atoms with Crippen LogP contribution in [-0.2, 0) is 0 Å². The zero-order valence-corrected chi connectivity index (χ0v) is 9.39. The number of rotatable bonds is 1. The number of nitrogens with one attached hydrogen (secondary N) is 1. The van der Waals surface area contributed by atoms with E-state index in [-0.39, 0.29) is 5.69 Å². The molecular weight excluding hydrogens is 222 g/mol. The third-order valence-electron chi connectivity index (χ3n) is 2.71. The van der Waals surface area contributed by atoms with E-state index in [1.54, 1.807) is 17.4 Å². The number of carboxylic acids is 1. The van der Waals surface area contributed by atoms with Crippen molar-refractivity contribution in [2.24, 2.45) is 0 Å². The summed E-state index contributed by atoms with van der Waals surface area (Å²) >= 11 is 1.63. The fourth-order valence-corrected chi connectivity index (χ4v) is 3.09. The van der Waals surface area contributed by atoms with E-state index in [9.17, 15) is 4.79 Å². The first-order valence-electron chi connectivity index (χ1n) is 4.91. The van der Waals surface area contributed by atoms with Gasteiger partial charge in [-0.05, 0) is 18.6 Å². The summed E-state index contributed by atoms with van der Waals surface area (Å²) in [6.45, 7) is 2.07. The Kier molecular flexibility index (Phi) is 1.82. The first-order chi connectivity index (χ1) is 7.66. The van der Waals surface area contributed by atoms with Crippen LogP contribution in [0.2, 0.25) is 0 Å². The second-order valence-corrected chi connectivity index (χ2v) is 4.83. The normalized spacial score (nSPS) is 11.3. The van der Waals surface area contributed by atoms with Gasteiger partial charge in [0.15, 0.2) is 0 Å². The summed E-state index contributed by atoms with van der Waals surface area (Å²) in [6.07, 6.45) is 0. The molecule has 0 aliphatic heterocycles. The molecular formula is C12H9NO2S. The number of carboxylic acid groups (broad SMARTS) is 1. The SMILES string of the molecule is Cc1cccc2c1sc1cc(C(=O)O)[nH]c12. The van der Waals surface area contributed by atoms with E-state index >= 15 is 0 Å². The van der Waals surface area contributed by atoms with Crippen molar-refractivity contribution in [2.75, 3.05) is 0 Å². The number of benzene rings is 1. The molecule has 4 heteroatoms. The number of thiophene rings is 1. The molecule has 0 saturated heterocycles. The topological polar surface area (TPSA) is 53.1 Å². The largest absolute Gasteiger partial charge is 0.477 e. The van der Waals surface area contributed by atoms with Crippen molar-refractivity contribution in [3.63, 3.8) is 0 Å². The van der Waals surface area contributed by atoms with E-state index in [1.165, 1.54) is 10.3 Å². The van der Waals surface area contributed by atoms with Gasteiger partial charge in [-0.3, -0.25) is 0 Å². The molecule has 2 heterocycles. The van der Waals surface area contributed by atoms with Crippen LogP contribution in [0, 0.1) is 6.92 Å². The zero-order chi connectivity index (χ0) is 11.3. The maximum Gasteiger partial charge on any atom is 0.352 e. The Labute approximate surface area is 95.3 Å². The lowest BCUT2D eigenvalue weighted by atomic mass is 10.2. The number of carbonyl (C=O) groups is 1. The number of aryl methyl sites for hydroxylation is 1. The summed E-state index contributed by atoms with van der Waals surface area (Å²) in [6, 6.07) is 7.77. The van der Waals surface area contributed by atoms with Crippen LogP contribution in [-0.4, -0.2) is 16.1 Å². The van der Waals surface area contributed by atoms with Crippen LogP contribution >= 0.6 is 11.3 Å². The molecule has 0 unspecified atom stereocenters. The molecule has 80 valence electrons. The van der Waals surface area contributed by atoms with Gasteiger partial charge in [0.25, 0.3) is 0 Å². The maximum absolute atomic E-state index is 10.8. The number of aromatic amines is 1. The predicted molar refractivity (Wildman–Crippen MR) is 65.4 cm³/mol. The molecule has 16 heavy (non-hydrogen) atoms. The van der Waals surface area contributed by atoms with Crippen molar-refractivity contribution in [2.45, 2.75) is 6.92 Å². The summed E-state index contributed by atoms with van der Waals surface area (Å²) < 4.78 is 2.22. The molecule has 3 nitrogen and oxygen atoms in total. The minimum atomic E-state index is -0.913. The number of fused-ring (bicyclic) bond motifs is 3. The van der Waals surface area contributed by atoms with E-state index in [1.807, 2.05) is 12.1 Å². The lowest BCUT2D eigenvalue weighted by molar-refractivity contribution is 0.0691. The summed E-state index contributed by atoms with van der Waals surface area (Å²) in [4.78, 5) is 13.8. The van der Waals surface area contributed by atoms with Crippen LogP contribution in [0.1, 0.15) is 16.1 Å². The van der Waals surface area contributed by atoms with Gasteiger partial charge in [0.2, 0.25) is 0 Å². The smallest absolute Gasteiger partial charge is 0.352 e. The molecule has 3 aromatic rings. The van der Waals surface area contributed by atoms with E-state index in [4.69, 9.17) is 5.11 Å². The van der Waals surface area contributed by atoms with Crippen molar-refractivity contribution >= 4 is 37.6 Å². The second-order valence-electron chi connectivity index (χ2n) is 3.78. The minimum absolute atomic E-state index is 0.254. The molecule has 0 aliphatic carbocycles. The Morgan fingerprint density at radius 3 is 3.00 bits per heavy atom. The van der Waals surface area contributed by atoms with E-state index in [2.05, 4.69) is 18.0 Å². The Morgan fingerprint density at radius 2 is 2.25 bits per heavy atom. The van der Waals surface area contributed by atoms with Gasteiger partial charge in [0, 0.05) is 10.1 Å². The Bertz CT molecular complexity index is 708. The van der Waals surface area contributed by atoms with Crippen LogP contribution in [0.25, 0.3) is 20.3 Å². The van der Waals surface area contributed by atoms with Crippen LogP contribution in [0.15, 0.2) is 24.3 Å². The first kappa shape index (κ1) is 9.42. The van der Waals surface area contributed by atoms with E-state index in [0.717, 1.165) is 15.6 Å². The van der Waals surface area contributed by atoms with E-state index < -0.39 is 5.97 Å². The van der Waals surface area contributed by atoms with Gasteiger partial charge < -0.3 is 10.1 Å². The number of hydrogen-bond acceptors (Lipinski definition) is 2. The van der Waals surface area contributed by atoms with Crippen molar-refractivity contribution in [3.8, 4) is 0 Å². The summed E-state index contributed by atoms with van der Waals surface area (Å²) in [5, 5.41) is 10.0. The van der Waals surface area contributed by atoms with Crippen molar-refractivity contribution in [3.05, 3.63) is 35.5 Å². The molecule has 0 radical (unpaired) electrons. The van der Waals surface area contributed by atoms with E-state index in [0.29, 0.717) is 0 Å². The van der Waals surface area contributed by atoms with Crippen LogP contribution in [0.3, 0.4) is 0 Å². The van der Waals surface area contributed by atoms with Gasteiger partial charge in [0.1, 0.15) is 5.69 Å². The molecule has 0 amide bonds. The van der Waals surface area contributed by atoms with Gasteiger partial charge in [-0.1, -0.05) is 18.2 Å². The number of aromatic nitrogens is 1. The molecule has 0 saturated carbocycles. The lowest BCUT2D eigenvalue weighted by Gasteiger charge is -1.94. The molecule has 0 bridgehead atoms. The van der Waals surface area contributed by atoms with Crippen LogP contribution in [0.5, 0.6) is 0 Å². The fraction of sp³-hybridized carbons (Fsp3) is 0.0833.